The van der Waals surface area contributed by atoms with Gasteiger partial charge in [-0.1, -0.05) is 40.0 Å². The van der Waals surface area contributed by atoms with Crippen LogP contribution in [0, 0.1) is 11.8 Å². The summed E-state index contributed by atoms with van der Waals surface area (Å²) < 4.78 is 0. The van der Waals surface area contributed by atoms with Crippen molar-refractivity contribution in [1.82, 2.24) is 10.2 Å². The van der Waals surface area contributed by atoms with Crippen molar-refractivity contribution in [2.24, 2.45) is 11.8 Å². The SMILES string of the molecule is CCCCC1CCC(C(=O)Nc2ccc(C(=O)NCCN(CC)CC)cc2)CC1. The van der Waals surface area contributed by atoms with E-state index in [1.807, 2.05) is 12.1 Å². The van der Waals surface area contributed by atoms with Gasteiger partial charge in [0.05, 0.1) is 0 Å². The Morgan fingerprint density at radius 1 is 1.00 bits per heavy atom. The highest BCUT2D eigenvalue weighted by Crippen LogP contribution is 2.32. The van der Waals surface area contributed by atoms with Crippen molar-refractivity contribution in [2.75, 3.05) is 31.5 Å². The first-order chi connectivity index (χ1) is 14.1. The Morgan fingerprint density at radius 3 is 2.24 bits per heavy atom. The number of carbonyl (C=O) groups excluding carboxylic acids is 2. The molecule has 0 atom stereocenters. The molecule has 1 saturated carbocycles. The summed E-state index contributed by atoms with van der Waals surface area (Å²) in [5.74, 6) is 0.977. The van der Waals surface area contributed by atoms with Crippen molar-refractivity contribution in [2.45, 2.75) is 65.7 Å². The fourth-order valence-electron chi connectivity index (χ4n) is 4.12. The maximum absolute atomic E-state index is 12.6. The molecular formula is C24H39N3O2. The largest absolute Gasteiger partial charge is 0.351 e. The fourth-order valence-corrected chi connectivity index (χ4v) is 4.12. The molecule has 1 fully saturated rings. The molecule has 2 N–H and O–H groups in total. The zero-order valence-corrected chi connectivity index (χ0v) is 18.5. The van der Waals surface area contributed by atoms with Crippen molar-refractivity contribution in [3.8, 4) is 0 Å². The minimum Gasteiger partial charge on any atom is -0.351 e. The van der Waals surface area contributed by atoms with Crippen molar-refractivity contribution in [3.05, 3.63) is 29.8 Å². The summed E-state index contributed by atoms with van der Waals surface area (Å²) in [6.45, 7) is 9.95. The van der Waals surface area contributed by atoms with Crippen LogP contribution in [0.2, 0.25) is 0 Å². The number of amides is 2. The number of nitrogens with one attached hydrogen (secondary N) is 2. The number of benzene rings is 1. The van der Waals surface area contributed by atoms with Gasteiger partial charge >= 0.3 is 0 Å². The first-order valence-electron chi connectivity index (χ1n) is 11.5. The van der Waals surface area contributed by atoms with Gasteiger partial charge in [-0.05, 0) is 69.0 Å². The molecule has 2 rings (SSSR count). The molecule has 0 radical (unpaired) electrons. The van der Waals surface area contributed by atoms with Crippen molar-refractivity contribution < 1.29 is 9.59 Å². The number of hydrogen-bond donors (Lipinski definition) is 2. The molecule has 1 aromatic carbocycles. The molecule has 0 spiro atoms. The van der Waals surface area contributed by atoms with Gasteiger partial charge in [0.1, 0.15) is 0 Å². The van der Waals surface area contributed by atoms with Crippen LogP contribution in [-0.2, 0) is 4.79 Å². The van der Waals surface area contributed by atoms with E-state index in [9.17, 15) is 9.59 Å². The summed E-state index contributed by atoms with van der Waals surface area (Å²) in [5, 5.41) is 5.99. The number of hydrogen-bond acceptors (Lipinski definition) is 3. The highest BCUT2D eigenvalue weighted by molar-refractivity contribution is 5.96. The standard InChI is InChI=1S/C24H39N3O2/c1-4-7-8-19-9-11-21(12-10-19)24(29)26-22-15-13-20(14-16-22)23(28)25-17-18-27(5-2)6-3/h13-16,19,21H,4-12,17-18H2,1-3H3,(H,25,28)(H,26,29). The predicted octanol–water partition coefficient (Wildman–Crippen LogP) is 4.69. The van der Waals surface area contributed by atoms with E-state index in [1.165, 1.54) is 32.1 Å². The van der Waals surface area contributed by atoms with E-state index in [2.05, 4.69) is 36.3 Å². The van der Waals surface area contributed by atoms with Crippen molar-refractivity contribution in [3.63, 3.8) is 0 Å². The van der Waals surface area contributed by atoms with E-state index in [0.717, 1.165) is 44.1 Å². The second-order valence-corrected chi connectivity index (χ2v) is 8.21. The van der Waals surface area contributed by atoms with Gasteiger partial charge in [0.15, 0.2) is 0 Å². The van der Waals surface area contributed by atoms with E-state index in [0.29, 0.717) is 12.1 Å². The van der Waals surface area contributed by atoms with Crippen LogP contribution in [0.15, 0.2) is 24.3 Å². The molecule has 162 valence electrons. The first-order valence-corrected chi connectivity index (χ1v) is 11.5. The molecule has 2 amide bonds. The van der Waals surface area contributed by atoms with Crippen LogP contribution in [-0.4, -0.2) is 42.9 Å². The summed E-state index contributed by atoms with van der Waals surface area (Å²) in [5.41, 5.74) is 1.39. The number of unbranched alkanes of at least 4 members (excludes halogenated alkanes) is 1. The molecule has 0 bridgehead atoms. The van der Waals surface area contributed by atoms with E-state index >= 15 is 0 Å². The Bertz CT molecular complexity index is 618. The van der Waals surface area contributed by atoms with Gasteiger partial charge in [-0.25, -0.2) is 0 Å². The lowest BCUT2D eigenvalue weighted by Gasteiger charge is -2.27. The molecular weight excluding hydrogens is 362 g/mol. The fraction of sp³-hybridized carbons (Fsp3) is 0.667. The quantitative estimate of drug-likeness (QED) is 0.565. The Kier molecular flexibility index (Phi) is 10.2. The molecule has 0 heterocycles. The maximum atomic E-state index is 12.6. The van der Waals surface area contributed by atoms with Gasteiger partial charge in [0.2, 0.25) is 5.91 Å². The van der Waals surface area contributed by atoms with Gasteiger partial charge in [0, 0.05) is 30.3 Å². The van der Waals surface area contributed by atoms with Crippen LogP contribution in [0.4, 0.5) is 5.69 Å². The van der Waals surface area contributed by atoms with Gasteiger partial charge in [-0.15, -0.1) is 0 Å². The van der Waals surface area contributed by atoms with E-state index in [1.54, 1.807) is 12.1 Å². The number of carbonyl (C=O) groups is 2. The third kappa shape index (κ3) is 7.81. The molecule has 1 aliphatic rings. The highest BCUT2D eigenvalue weighted by Gasteiger charge is 2.26. The average Bonchev–Trinajstić information content (AvgIpc) is 2.76. The number of likely N-dealkylation sites (N-methyl/N-ethyl adjacent to an activating group) is 1. The average molecular weight is 402 g/mol. The first kappa shape index (κ1) is 23.4. The third-order valence-electron chi connectivity index (χ3n) is 6.21. The van der Waals surface area contributed by atoms with Crippen LogP contribution in [0.5, 0.6) is 0 Å². The van der Waals surface area contributed by atoms with Crippen molar-refractivity contribution >= 4 is 17.5 Å². The predicted molar refractivity (Wildman–Crippen MR) is 120 cm³/mol. The Morgan fingerprint density at radius 2 is 1.66 bits per heavy atom. The lowest BCUT2D eigenvalue weighted by atomic mass is 9.79. The molecule has 29 heavy (non-hydrogen) atoms. The monoisotopic (exact) mass is 401 g/mol. The van der Waals surface area contributed by atoms with Crippen LogP contribution < -0.4 is 10.6 Å². The number of rotatable bonds is 11. The molecule has 0 saturated heterocycles. The molecule has 0 unspecified atom stereocenters. The molecule has 1 aliphatic carbocycles. The van der Waals surface area contributed by atoms with E-state index in [-0.39, 0.29) is 17.7 Å². The summed E-state index contributed by atoms with van der Waals surface area (Å²) in [7, 11) is 0. The Balaban J connectivity index is 1.75. The Hall–Kier alpha value is -1.88. The second-order valence-electron chi connectivity index (χ2n) is 8.21. The minimum absolute atomic E-state index is 0.0690. The van der Waals surface area contributed by atoms with Crippen LogP contribution >= 0.6 is 0 Å². The molecule has 0 aliphatic heterocycles. The third-order valence-corrected chi connectivity index (χ3v) is 6.21. The molecule has 5 heteroatoms. The van der Waals surface area contributed by atoms with Gasteiger partial charge < -0.3 is 15.5 Å². The van der Waals surface area contributed by atoms with Crippen LogP contribution in [0.1, 0.15) is 76.1 Å². The summed E-state index contributed by atoms with van der Waals surface area (Å²) >= 11 is 0. The smallest absolute Gasteiger partial charge is 0.251 e. The van der Waals surface area contributed by atoms with E-state index < -0.39 is 0 Å². The minimum atomic E-state index is -0.0690. The lowest BCUT2D eigenvalue weighted by molar-refractivity contribution is -0.121. The number of nitrogens with zero attached hydrogens (tertiary/aromatic N) is 1. The number of anilines is 1. The topological polar surface area (TPSA) is 61.4 Å². The summed E-state index contributed by atoms with van der Waals surface area (Å²) in [6, 6.07) is 7.21. The molecule has 5 nitrogen and oxygen atoms in total. The van der Waals surface area contributed by atoms with Crippen LogP contribution in [0.25, 0.3) is 0 Å². The van der Waals surface area contributed by atoms with E-state index in [4.69, 9.17) is 0 Å². The second kappa shape index (κ2) is 12.6. The maximum Gasteiger partial charge on any atom is 0.251 e. The van der Waals surface area contributed by atoms with Gasteiger partial charge in [-0.2, -0.15) is 0 Å². The summed E-state index contributed by atoms with van der Waals surface area (Å²) in [6.07, 6.45) is 8.19. The zero-order chi connectivity index (χ0) is 21.1. The molecule has 1 aromatic rings. The highest BCUT2D eigenvalue weighted by atomic mass is 16.2. The van der Waals surface area contributed by atoms with Crippen LogP contribution in [0.3, 0.4) is 0 Å². The van der Waals surface area contributed by atoms with Gasteiger partial charge in [0.25, 0.3) is 5.91 Å². The Labute approximate surface area is 176 Å². The normalized spacial score (nSPS) is 19.2. The van der Waals surface area contributed by atoms with Gasteiger partial charge in [-0.3, -0.25) is 9.59 Å². The zero-order valence-electron chi connectivity index (χ0n) is 18.5. The molecule has 0 aromatic heterocycles. The van der Waals surface area contributed by atoms with Crippen molar-refractivity contribution in [1.29, 1.82) is 0 Å². The lowest BCUT2D eigenvalue weighted by Crippen LogP contribution is -2.34. The summed E-state index contributed by atoms with van der Waals surface area (Å²) in [4.78, 5) is 27.1.